The van der Waals surface area contributed by atoms with Crippen LogP contribution in [0, 0.1) is 3.57 Å². The largest absolute Gasteiger partial charge is 0.417 e. The van der Waals surface area contributed by atoms with Crippen molar-refractivity contribution >= 4 is 34.2 Å². The first kappa shape index (κ1) is 15.0. The van der Waals surface area contributed by atoms with Crippen LogP contribution in [0.4, 0.5) is 13.2 Å². The minimum absolute atomic E-state index is 0.0369. The maximum atomic E-state index is 13.1. The Bertz CT molecular complexity index is 699. The van der Waals surface area contributed by atoms with Gasteiger partial charge in [0.2, 0.25) is 0 Å². The molecule has 2 nitrogen and oxygen atoms in total. The number of nitrogens with zero attached hydrogens (tertiary/aromatic N) is 2. The first-order chi connectivity index (χ1) is 9.88. The summed E-state index contributed by atoms with van der Waals surface area (Å²) in [6, 6.07) is 5.29. The number of halogens is 5. The van der Waals surface area contributed by atoms with Gasteiger partial charge in [0, 0.05) is 11.5 Å². The molecule has 110 valence electrons. The van der Waals surface area contributed by atoms with Crippen LogP contribution in [-0.4, -0.2) is 9.97 Å². The average Bonchev–Trinajstić information content (AvgIpc) is 3.25. The van der Waals surface area contributed by atoms with Gasteiger partial charge in [-0.25, -0.2) is 9.97 Å². The SMILES string of the molecule is FC(F)(F)c1ccccc1-c1nc(Cl)c(I)c(C2CC2)n1. The van der Waals surface area contributed by atoms with Crippen molar-refractivity contribution in [2.45, 2.75) is 24.9 Å². The molecule has 1 saturated carbocycles. The number of aromatic nitrogens is 2. The van der Waals surface area contributed by atoms with Gasteiger partial charge in [0.25, 0.3) is 0 Å². The van der Waals surface area contributed by atoms with Gasteiger partial charge in [-0.1, -0.05) is 29.8 Å². The summed E-state index contributed by atoms with van der Waals surface area (Å²) in [5, 5.41) is 0.208. The summed E-state index contributed by atoms with van der Waals surface area (Å²) in [7, 11) is 0. The Morgan fingerprint density at radius 3 is 2.43 bits per heavy atom. The zero-order valence-electron chi connectivity index (χ0n) is 10.6. The van der Waals surface area contributed by atoms with Crippen molar-refractivity contribution in [1.82, 2.24) is 9.97 Å². The smallest absolute Gasteiger partial charge is 0.232 e. The van der Waals surface area contributed by atoms with Crippen molar-refractivity contribution in [2.24, 2.45) is 0 Å². The van der Waals surface area contributed by atoms with Crippen molar-refractivity contribution in [2.75, 3.05) is 0 Å². The lowest BCUT2D eigenvalue weighted by atomic mass is 10.1. The molecule has 7 heteroatoms. The third-order valence-electron chi connectivity index (χ3n) is 3.27. The molecular weight excluding hydrogens is 416 g/mol. The van der Waals surface area contributed by atoms with Gasteiger partial charge >= 0.3 is 6.18 Å². The normalized spacial score (nSPS) is 15.3. The fourth-order valence-corrected chi connectivity index (χ4v) is 2.97. The Hall–Kier alpha value is -0.890. The van der Waals surface area contributed by atoms with E-state index < -0.39 is 11.7 Å². The minimum Gasteiger partial charge on any atom is -0.232 e. The second-order valence-electron chi connectivity index (χ2n) is 4.85. The van der Waals surface area contributed by atoms with Crippen LogP contribution in [0.15, 0.2) is 24.3 Å². The van der Waals surface area contributed by atoms with Crippen molar-refractivity contribution in [3.8, 4) is 11.4 Å². The van der Waals surface area contributed by atoms with E-state index in [0.717, 1.165) is 28.2 Å². The van der Waals surface area contributed by atoms with Crippen LogP contribution in [0.2, 0.25) is 5.15 Å². The molecule has 0 spiro atoms. The van der Waals surface area contributed by atoms with E-state index in [1.54, 1.807) is 0 Å². The molecule has 1 aromatic carbocycles. The van der Waals surface area contributed by atoms with Crippen molar-refractivity contribution in [1.29, 1.82) is 0 Å². The molecule has 2 aromatic rings. The fourth-order valence-electron chi connectivity index (χ4n) is 2.11. The topological polar surface area (TPSA) is 25.8 Å². The second kappa shape index (κ2) is 5.39. The van der Waals surface area contributed by atoms with E-state index in [0.29, 0.717) is 0 Å². The van der Waals surface area contributed by atoms with E-state index in [9.17, 15) is 13.2 Å². The highest BCUT2D eigenvalue weighted by atomic mass is 127. The van der Waals surface area contributed by atoms with Gasteiger partial charge in [-0.05, 0) is 41.5 Å². The molecule has 1 aliphatic rings. The number of hydrogen-bond donors (Lipinski definition) is 0. The molecule has 0 atom stereocenters. The third kappa shape index (κ3) is 3.01. The maximum absolute atomic E-state index is 13.1. The highest BCUT2D eigenvalue weighted by Crippen LogP contribution is 2.43. The summed E-state index contributed by atoms with van der Waals surface area (Å²) in [4.78, 5) is 8.37. The Kier molecular flexibility index (Phi) is 3.85. The zero-order chi connectivity index (χ0) is 15.2. The summed E-state index contributed by atoms with van der Waals surface area (Å²) in [5.74, 6) is 0.324. The number of benzene rings is 1. The first-order valence-electron chi connectivity index (χ1n) is 6.27. The third-order valence-corrected chi connectivity index (χ3v) is 4.93. The zero-order valence-corrected chi connectivity index (χ0v) is 13.5. The van der Waals surface area contributed by atoms with Crippen LogP contribution in [0.3, 0.4) is 0 Å². The van der Waals surface area contributed by atoms with Gasteiger partial charge in [0.15, 0.2) is 5.82 Å². The summed E-state index contributed by atoms with van der Waals surface area (Å²) < 4.78 is 40.0. The molecule has 1 heterocycles. The van der Waals surface area contributed by atoms with Crippen LogP contribution in [0.1, 0.15) is 30.0 Å². The van der Waals surface area contributed by atoms with E-state index in [1.807, 2.05) is 22.6 Å². The lowest BCUT2D eigenvalue weighted by molar-refractivity contribution is -0.137. The molecule has 0 aliphatic heterocycles. The quantitative estimate of drug-likeness (QED) is 0.483. The molecule has 1 aliphatic carbocycles. The molecule has 1 aromatic heterocycles. The average molecular weight is 425 g/mol. The number of hydrogen-bond acceptors (Lipinski definition) is 2. The van der Waals surface area contributed by atoms with Crippen molar-refractivity contribution in [3.63, 3.8) is 0 Å². The Balaban J connectivity index is 2.18. The van der Waals surface area contributed by atoms with Crippen molar-refractivity contribution < 1.29 is 13.2 Å². The minimum atomic E-state index is -4.45. The van der Waals surface area contributed by atoms with Crippen LogP contribution in [0.5, 0.6) is 0 Å². The first-order valence-corrected chi connectivity index (χ1v) is 7.73. The number of rotatable bonds is 2. The maximum Gasteiger partial charge on any atom is 0.417 e. The molecule has 0 bridgehead atoms. The molecule has 1 fully saturated rings. The lowest BCUT2D eigenvalue weighted by Gasteiger charge is -2.13. The van der Waals surface area contributed by atoms with Gasteiger partial charge in [0.05, 0.1) is 14.8 Å². The molecular formula is C14H9ClF3IN2. The lowest BCUT2D eigenvalue weighted by Crippen LogP contribution is -2.09. The summed E-state index contributed by atoms with van der Waals surface area (Å²) in [6.45, 7) is 0. The van der Waals surface area contributed by atoms with Crippen LogP contribution in [-0.2, 0) is 6.18 Å². The number of alkyl halides is 3. The van der Waals surface area contributed by atoms with Gasteiger partial charge in [-0.15, -0.1) is 0 Å². The summed E-state index contributed by atoms with van der Waals surface area (Å²) >= 11 is 8.11. The molecule has 21 heavy (non-hydrogen) atoms. The van der Waals surface area contributed by atoms with E-state index in [-0.39, 0.29) is 22.5 Å². The summed E-state index contributed by atoms with van der Waals surface area (Å²) in [6.07, 6.45) is -2.47. The van der Waals surface area contributed by atoms with Crippen LogP contribution in [0.25, 0.3) is 11.4 Å². The molecule has 0 saturated heterocycles. The Morgan fingerprint density at radius 2 is 1.81 bits per heavy atom. The van der Waals surface area contributed by atoms with E-state index in [1.165, 1.54) is 18.2 Å². The predicted octanol–water partition coefficient (Wildman–Crippen LogP) is 5.30. The highest BCUT2D eigenvalue weighted by Gasteiger charge is 2.35. The molecule has 0 unspecified atom stereocenters. The second-order valence-corrected chi connectivity index (χ2v) is 6.29. The van der Waals surface area contributed by atoms with Gasteiger partial charge in [-0.2, -0.15) is 13.2 Å². The summed E-state index contributed by atoms with van der Waals surface area (Å²) in [5.41, 5.74) is -0.0307. The molecule has 0 amide bonds. The van der Waals surface area contributed by atoms with E-state index >= 15 is 0 Å². The van der Waals surface area contributed by atoms with Crippen LogP contribution < -0.4 is 0 Å². The van der Waals surface area contributed by atoms with Crippen LogP contribution >= 0.6 is 34.2 Å². The molecule has 0 N–H and O–H groups in total. The predicted molar refractivity (Wildman–Crippen MR) is 82.2 cm³/mol. The van der Waals surface area contributed by atoms with Gasteiger partial charge < -0.3 is 0 Å². The molecule has 3 rings (SSSR count). The monoisotopic (exact) mass is 424 g/mol. The fraction of sp³-hybridized carbons (Fsp3) is 0.286. The Labute approximate surface area is 137 Å². The molecule has 0 radical (unpaired) electrons. The standard InChI is InChI=1S/C14H9ClF3IN2/c15-12-10(19)11(7-5-6-7)20-13(21-12)8-3-1-2-4-9(8)14(16,17)18/h1-4,7H,5-6H2. The van der Waals surface area contributed by atoms with E-state index in [2.05, 4.69) is 9.97 Å². The van der Waals surface area contributed by atoms with Gasteiger partial charge in [-0.3, -0.25) is 0 Å². The van der Waals surface area contributed by atoms with Crippen molar-refractivity contribution in [3.05, 3.63) is 44.2 Å². The van der Waals surface area contributed by atoms with Gasteiger partial charge in [0.1, 0.15) is 5.15 Å². The Morgan fingerprint density at radius 1 is 1.14 bits per heavy atom. The van der Waals surface area contributed by atoms with E-state index in [4.69, 9.17) is 11.6 Å². The highest BCUT2D eigenvalue weighted by molar-refractivity contribution is 14.1.